The van der Waals surface area contributed by atoms with E-state index in [9.17, 15) is 18.0 Å². The number of anilines is 5. The van der Waals surface area contributed by atoms with Crippen molar-refractivity contribution in [3.05, 3.63) is 152 Å². The highest BCUT2D eigenvalue weighted by Crippen LogP contribution is 2.40. The molecule has 9 aromatic rings. The fourth-order valence-electron chi connectivity index (χ4n) is 11.6. The zero-order valence-corrected chi connectivity index (χ0v) is 65.9. The van der Waals surface area contributed by atoms with E-state index in [0.717, 1.165) is 108 Å². The number of methoxy groups -OCH3 is 4. The van der Waals surface area contributed by atoms with Gasteiger partial charge in [-0.25, -0.2) is 19.9 Å². The van der Waals surface area contributed by atoms with Gasteiger partial charge in [-0.05, 0) is 122 Å². The van der Waals surface area contributed by atoms with Crippen LogP contribution >= 0.6 is 46.4 Å². The maximum Gasteiger partial charge on any atom is 0.496 e. The Bertz CT molecular complexity index is 4610. The van der Waals surface area contributed by atoms with Crippen LogP contribution in [-0.4, -0.2) is 219 Å². The molecule has 5 aliphatic heterocycles. The molecule has 8 aromatic heterocycles. The number of benzene rings is 1. The number of nitrogens with one attached hydrogen (secondary N) is 1. The normalized spacial score (nSPS) is 15.5. The monoisotopic (exact) mass is 1640 g/mol. The van der Waals surface area contributed by atoms with Crippen molar-refractivity contribution < 1.29 is 65.2 Å². The van der Waals surface area contributed by atoms with E-state index in [1.54, 1.807) is 91.3 Å². The molecule has 5 saturated heterocycles. The number of alkyl halides is 3. The van der Waals surface area contributed by atoms with Gasteiger partial charge in [0.1, 0.15) is 17.1 Å². The molecule has 0 bridgehead atoms. The van der Waals surface area contributed by atoms with Gasteiger partial charge in [-0.2, -0.15) is 38.7 Å². The van der Waals surface area contributed by atoms with Crippen molar-refractivity contribution in [3.8, 4) is 57.0 Å². The Labute approximate surface area is 678 Å². The lowest BCUT2D eigenvalue weighted by atomic mass is 9.80. The summed E-state index contributed by atoms with van der Waals surface area (Å²) in [7, 11) is 6.02. The summed E-state index contributed by atoms with van der Waals surface area (Å²) in [4.78, 5) is 39.0. The van der Waals surface area contributed by atoms with Crippen molar-refractivity contribution >= 4 is 93.5 Å². The summed E-state index contributed by atoms with van der Waals surface area (Å²) in [6, 6.07) is 19.0. The summed E-state index contributed by atoms with van der Waals surface area (Å²) in [5.41, 5.74) is 10.4. The topological polar surface area (TPSA) is 289 Å². The average molecular weight is 1650 g/mol. The Balaban J connectivity index is 0.000000202. The standard InChI is InChI=1S/C23H22F3N5O3.C16H25BN2O4.2C15H17ClN4O2.C5H4Cl2N2.3CH4/c1-14-18(16-11-19(22(33-2)27-13-16)31-6-8-34-9-7-31)12-20(30-29-14)28-21(32)15-4-3-5-17(10-15)23(24,25)26;1-15(2)16(3,4)23-17(22-15)12-10-13(14(20-5)18-11-12)19-6-8-21-9-7-19;1-10-12(16)8-13(19-18-10)11-7-14(15(21-2)17-9-11)20-3-5-22-6-4-20;1-10-12(8-14(16)19-18-10)11-7-13(15(21-2)17-9-11)20-3-5-22-6-4-20;1-3-4(6)2-5(7)9-8-3;;;/h3-5,10-13H,6-9H2,1-2H3,(H,28,30,32);10-11H,6-9H2,1-5H3;2*7-9H,3-6H2,1-2H3;2H,1H3;3*1H4. The van der Waals surface area contributed by atoms with Gasteiger partial charge in [-0.15, -0.1) is 15.3 Å². The van der Waals surface area contributed by atoms with Crippen LogP contribution in [-0.2, 0) is 34.4 Å². The predicted molar refractivity (Wildman–Crippen MR) is 435 cm³/mol. The number of carbonyl (C=O) groups is 1. The van der Waals surface area contributed by atoms with E-state index in [2.05, 4.69) is 97.8 Å². The number of aryl methyl sites for hydroxylation is 4. The third-order valence-corrected chi connectivity index (χ3v) is 19.5. The number of halogens is 7. The van der Waals surface area contributed by atoms with Gasteiger partial charge in [-0.1, -0.05) is 74.8 Å². The number of hydrogen-bond donors (Lipinski definition) is 1. The molecular weight excluding hydrogens is 1550 g/mol. The predicted octanol–water partition coefficient (Wildman–Crippen LogP) is 13.9. The second-order valence-corrected chi connectivity index (χ2v) is 27.8. The maximum atomic E-state index is 13.0. The number of nitrogens with zero attached hydrogens (tertiary/aromatic N) is 16. The molecule has 0 spiro atoms. The highest BCUT2D eigenvalue weighted by atomic mass is 35.5. The summed E-state index contributed by atoms with van der Waals surface area (Å²) in [5, 5.41) is 35.8. The first-order chi connectivity index (χ1) is 52.7. The quantitative estimate of drug-likeness (QED) is 0.0989. The molecule has 0 unspecified atom stereocenters. The lowest BCUT2D eigenvalue weighted by Crippen LogP contribution is -2.41. The third-order valence-electron chi connectivity index (χ3n) is 18.4. The lowest BCUT2D eigenvalue weighted by Gasteiger charge is -2.32. The van der Waals surface area contributed by atoms with E-state index in [1.165, 1.54) is 12.1 Å². The molecule has 36 heteroatoms. The smallest absolute Gasteiger partial charge is 0.480 e. The molecule has 0 aliphatic carbocycles. The second kappa shape index (κ2) is 41.7. The van der Waals surface area contributed by atoms with Gasteiger partial charge < -0.3 is 72.1 Å². The summed E-state index contributed by atoms with van der Waals surface area (Å²) in [6.45, 7) is 27.1. The van der Waals surface area contributed by atoms with Crippen LogP contribution < -0.4 is 49.3 Å². The van der Waals surface area contributed by atoms with Gasteiger partial charge in [0.25, 0.3) is 5.91 Å². The number of pyridine rings is 4. The fourth-order valence-corrected chi connectivity index (χ4v) is 12.2. The van der Waals surface area contributed by atoms with Crippen LogP contribution in [0.5, 0.6) is 23.5 Å². The van der Waals surface area contributed by atoms with Gasteiger partial charge in [0.05, 0.1) is 142 Å². The minimum atomic E-state index is -4.55. The number of ether oxygens (including phenoxy) is 8. The maximum absolute atomic E-state index is 13.0. The van der Waals surface area contributed by atoms with Crippen LogP contribution in [0.1, 0.15) is 88.7 Å². The summed E-state index contributed by atoms with van der Waals surface area (Å²) in [5.74, 6) is 1.67. The lowest BCUT2D eigenvalue weighted by molar-refractivity contribution is -0.137. The van der Waals surface area contributed by atoms with Crippen LogP contribution in [0.25, 0.3) is 33.5 Å². The number of rotatable bonds is 14. The number of carbonyl (C=O) groups excluding carboxylic acids is 1. The zero-order valence-electron chi connectivity index (χ0n) is 62.9. The van der Waals surface area contributed by atoms with Crippen molar-refractivity contribution in [1.29, 1.82) is 0 Å². The number of aromatic nitrogens is 12. The van der Waals surface area contributed by atoms with Gasteiger partial charge in [-0.3, -0.25) is 4.79 Å². The molecule has 0 radical (unpaired) electrons. The van der Waals surface area contributed by atoms with E-state index in [-0.39, 0.29) is 44.9 Å². The molecule has 0 atom stereocenters. The molecular formula is C77H97BCl4F3N17O11. The Kier molecular flexibility index (Phi) is 33.6. The molecule has 1 amide bonds. The molecule has 113 heavy (non-hydrogen) atoms. The Hall–Kier alpha value is -9.22. The Morgan fingerprint density at radius 2 is 0.832 bits per heavy atom. The van der Waals surface area contributed by atoms with Crippen molar-refractivity contribution in [2.24, 2.45) is 0 Å². The van der Waals surface area contributed by atoms with Gasteiger partial charge in [0, 0.05) is 116 Å². The fraction of sp³-hybridized carbons (Fsp3) is 0.442. The van der Waals surface area contributed by atoms with Crippen LogP contribution in [0.3, 0.4) is 0 Å². The minimum Gasteiger partial charge on any atom is -0.480 e. The van der Waals surface area contributed by atoms with Crippen molar-refractivity contribution in [2.75, 3.05) is 159 Å². The molecule has 608 valence electrons. The first-order valence-corrected chi connectivity index (χ1v) is 36.5. The highest BCUT2D eigenvalue weighted by Gasteiger charge is 2.52. The Morgan fingerprint density at radius 1 is 0.460 bits per heavy atom. The van der Waals surface area contributed by atoms with E-state index >= 15 is 0 Å². The van der Waals surface area contributed by atoms with E-state index < -0.39 is 24.8 Å². The summed E-state index contributed by atoms with van der Waals surface area (Å²) < 4.78 is 94.5. The second-order valence-electron chi connectivity index (χ2n) is 26.2. The molecule has 28 nitrogen and oxygen atoms in total. The number of amides is 1. The molecule has 14 rings (SSSR count). The van der Waals surface area contributed by atoms with Crippen LogP contribution in [0, 0.1) is 27.7 Å². The molecule has 5 aliphatic rings. The summed E-state index contributed by atoms with van der Waals surface area (Å²) in [6.07, 6.45) is 2.34. The first kappa shape index (κ1) is 91.0. The SMILES string of the molecule is C.C.C.COc1ncc(-c2cc(Cl)c(C)nn2)cc1N1CCOCC1.COc1ncc(-c2cc(Cl)nnc2C)cc1N1CCOCC1.COc1ncc(-c2cc(NC(=O)c3cccc(C(F)(F)F)c3)nnc2C)cc1N1CCOCC1.COc1ncc(B2OC(C)(C)C(C)(C)O2)cc1N1CCOCC1.Cc1nnc(Cl)cc1Cl. The largest absolute Gasteiger partial charge is 0.496 e. The van der Waals surface area contributed by atoms with Gasteiger partial charge in [0.2, 0.25) is 23.5 Å². The van der Waals surface area contributed by atoms with E-state index in [1.807, 2.05) is 53.7 Å². The van der Waals surface area contributed by atoms with Crippen molar-refractivity contribution in [1.82, 2.24) is 60.7 Å². The summed E-state index contributed by atoms with van der Waals surface area (Å²) >= 11 is 23.2. The third kappa shape index (κ3) is 23.7. The van der Waals surface area contributed by atoms with E-state index in [0.29, 0.717) is 138 Å². The van der Waals surface area contributed by atoms with Crippen LogP contribution in [0.2, 0.25) is 20.4 Å². The highest BCUT2D eigenvalue weighted by molar-refractivity contribution is 6.62. The first-order valence-electron chi connectivity index (χ1n) is 35.0. The minimum absolute atomic E-state index is 0. The number of hydrogen-bond acceptors (Lipinski definition) is 27. The Morgan fingerprint density at radius 3 is 1.25 bits per heavy atom. The van der Waals surface area contributed by atoms with Crippen LogP contribution in [0.15, 0.2) is 97.6 Å². The molecule has 0 saturated carbocycles. The van der Waals surface area contributed by atoms with Crippen molar-refractivity contribution in [3.63, 3.8) is 0 Å². The van der Waals surface area contributed by atoms with Gasteiger partial charge >= 0.3 is 13.3 Å². The molecule has 13 heterocycles. The zero-order chi connectivity index (χ0) is 78.9. The molecule has 5 fully saturated rings. The van der Waals surface area contributed by atoms with Crippen molar-refractivity contribution in [2.45, 2.75) is 95.0 Å². The average Bonchev–Trinajstić information content (AvgIpc) is 1.59. The molecule has 1 aromatic carbocycles. The van der Waals surface area contributed by atoms with Gasteiger partial charge in [0.15, 0.2) is 16.1 Å². The number of morpholine rings is 4. The van der Waals surface area contributed by atoms with Crippen LogP contribution in [0.4, 0.5) is 41.7 Å². The van der Waals surface area contributed by atoms with E-state index in [4.69, 9.17) is 93.6 Å². The molecule has 1 N–H and O–H groups in total.